The summed E-state index contributed by atoms with van der Waals surface area (Å²) in [6, 6.07) is 7.41. The van der Waals surface area contributed by atoms with Gasteiger partial charge in [-0.2, -0.15) is 5.10 Å². The zero-order valence-corrected chi connectivity index (χ0v) is 13.7. The van der Waals surface area contributed by atoms with E-state index in [0.717, 1.165) is 8.95 Å². The summed E-state index contributed by atoms with van der Waals surface area (Å²) in [6.45, 7) is 4.02. The number of benzene rings is 1. The standard InChI is InChI=1S/C13H13Br2N3O/c1-8(2)18-12(5-6-16-18)17-13(19)10-4-3-9(14)7-11(10)15/h3-8H,1-2H3,(H,17,19). The summed E-state index contributed by atoms with van der Waals surface area (Å²) in [5.74, 6) is 0.525. The maximum atomic E-state index is 12.2. The molecule has 2 rings (SSSR count). The first-order valence-electron chi connectivity index (χ1n) is 5.79. The molecule has 2 aromatic rings. The molecule has 0 aliphatic carbocycles. The van der Waals surface area contributed by atoms with E-state index in [0.29, 0.717) is 11.4 Å². The fourth-order valence-electron chi connectivity index (χ4n) is 1.68. The van der Waals surface area contributed by atoms with Gasteiger partial charge in [0.1, 0.15) is 5.82 Å². The molecule has 0 saturated heterocycles. The lowest BCUT2D eigenvalue weighted by Gasteiger charge is -2.12. The van der Waals surface area contributed by atoms with Gasteiger partial charge in [-0.1, -0.05) is 15.9 Å². The van der Waals surface area contributed by atoms with Crippen LogP contribution in [-0.2, 0) is 0 Å². The molecule has 0 atom stereocenters. The summed E-state index contributed by atoms with van der Waals surface area (Å²) in [7, 11) is 0. The second kappa shape index (κ2) is 5.88. The smallest absolute Gasteiger partial charge is 0.257 e. The van der Waals surface area contributed by atoms with Gasteiger partial charge in [-0.3, -0.25) is 4.79 Å². The third-order valence-electron chi connectivity index (χ3n) is 2.58. The Morgan fingerprint density at radius 2 is 2.05 bits per heavy atom. The molecule has 1 heterocycles. The minimum atomic E-state index is -0.165. The Hall–Kier alpha value is -1.14. The number of carbonyl (C=O) groups is 1. The number of anilines is 1. The Labute approximate surface area is 128 Å². The summed E-state index contributed by atoms with van der Waals surface area (Å²) in [4.78, 5) is 12.2. The van der Waals surface area contributed by atoms with E-state index in [4.69, 9.17) is 0 Å². The summed E-state index contributed by atoms with van der Waals surface area (Å²) in [6.07, 6.45) is 1.67. The van der Waals surface area contributed by atoms with Gasteiger partial charge in [0, 0.05) is 21.1 Å². The lowest BCUT2D eigenvalue weighted by Crippen LogP contribution is -2.17. The van der Waals surface area contributed by atoms with Gasteiger partial charge in [0.2, 0.25) is 0 Å². The molecule has 1 aromatic carbocycles. The number of amides is 1. The van der Waals surface area contributed by atoms with Crippen molar-refractivity contribution in [2.45, 2.75) is 19.9 Å². The fourth-order valence-corrected chi connectivity index (χ4v) is 2.91. The Bertz CT molecular complexity index is 608. The number of aromatic nitrogens is 2. The second-order valence-electron chi connectivity index (χ2n) is 4.33. The first-order chi connectivity index (χ1) is 8.99. The topological polar surface area (TPSA) is 46.9 Å². The van der Waals surface area contributed by atoms with E-state index in [2.05, 4.69) is 42.3 Å². The van der Waals surface area contributed by atoms with Gasteiger partial charge in [0.25, 0.3) is 5.91 Å². The van der Waals surface area contributed by atoms with Crippen molar-refractivity contribution >= 4 is 43.6 Å². The molecule has 0 aliphatic heterocycles. The minimum Gasteiger partial charge on any atom is -0.307 e. The van der Waals surface area contributed by atoms with Crippen LogP contribution >= 0.6 is 31.9 Å². The summed E-state index contributed by atoms with van der Waals surface area (Å²) in [5, 5.41) is 7.05. The van der Waals surface area contributed by atoms with Gasteiger partial charge in [-0.05, 0) is 48.0 Å². The van der Waals surface area contributed by atoms with E-state index in [9.17, 15) is 4.79 Å². The van der Waals surface area contributed by atoms with Crippen LogP contribution in [0.2, 0.25) is 0 Å². The molecule has 0 radical (unpaired) electrons. The van der Waals surface area contributed by atoms with Crippen LogP contribution in [-0.4, -0.2) is 15.7 Å². The van der Waals surface area contributed by atoms with E-state index >= 15 is 0 Å². The van der Waals surface area contributed by atoms with E-state index < -0.39 is 0 Å². The molecule has 1 N–H and O–H groups in total. The third kappa shape index (κ3) is 3.25. The number of hydrogen-bond donors (Lipinski definition) is 1. The molecule has 1 aromatic heterocycles. The molecule has 100 valence electrons. The zero-order valence-electron chi connectivity index (χ0n) is 10.5. The Kier molecular flexibility index (Phi) is 4.42. The zero-order chi connectivity index (χ0) is 14.0. The van der Waals surface area contributed by atoms with Crippen LogP contribution in [0, 0.1) is 0 Å². The van der Waals surface area contributed by atoms with Crippen molar-refractivity contribution in [3.63, 3.8) is 0 Å². The second-order valence-corrected chi connectivity index (χ2v) is 6.10. The monoisotopic (exact) mass is 385 g/mol. The van der Waals surface area contributed by atoms with Gasteiger partial charge in [0.15, 0.2) is 0 Å². The highest BCUT2D eigenvalue weighted by Gasteiger charge is 2.13. The van der Waals surface area contributed by atoms with E-state index in [1.54, 1.807) is 23.0 Å². The molecule has 1 amide bonds. The molecule has 6 heteroatoms. The average molecular weight is 387 g/mol. The molecule has 4 nitrogen and oxygen atoms in total. The largest absolute Gasteiger partial charge is 0.307 e. The molecule has 0 fully saturated rings. The predicted octanol–water partition coefficient (Wildman–Crippen LogP) is 4.24. The van der Waals surface area contributed by atoms with Crippen molar-refractivity contribution < 1.29 is 4.79 Å². The Morgan fingerprint density at radius 3 is 2.68 bits per heavy atom. The summed E-state index contributed by atoms with van der Waals surface area (Å²) in [5.41, 5.74) is 0.583. The maximum absolute atomic E-state index is 12.2. The van der Waals surface area contributed by atoms with Crippen LogP contribution in [0.15, 0.2) is 39.4 Å². The van der Waals surface area contributed by atoms with Crippen molar-refractivity contribution in [1.82, 2.24) is 9.78 Å². The summed E-state index contributed by atoms with van der Waals surface area (Å²) < 4.78 is 3.43. The first kappa shape index (κ1) is 14.3. The normalized spacial score (nSPS) is 10.8. The van der Waals surface area contributed by atoms with Gasteiger partial charge in [-0.25, -0.2) is 4.68 Å². The lowest BCUT2D eigenvalue weighted by molar-refractivity contribution is 0.102. The van der Waals surface area contributed by atoms with Crippen molar-refractivity contribution in [2.24, 2.45) is 0 Å². The molecule has 0 aliphatic rings. The molecule has 0 spiro atoms. The lowest BCUT2D eigenvalue weighted by atomic mass is 10.2. The van der Waals surface area contributed by atoms with E-state index in [1.807, 2.05) is 26.0 Å². The molecular formula is C13H13Br2N3O. The highest BCUT2D eigenvalue weighted by molar-refractivity contribution is 9.11. The van der Waals surface area contributed by atoms with Crippen LogP contribution in [0.3, 0.4) is 0 Å². The van der Waals surface area contributed by atoms with E-state index in [-0.39, 0.29) is 11.9 Å². The van der Waals surface area contributed by atoms with Crippen LogP contribution in [0.1, 0.15) is 30.2 Å². The molecular weight excluding hydrogens is 374 g/mol. The molecule has 0 bridgehead atoms. The Balaban J connectivity index is 2.23. The van der Waals surface area contributed by atoms with Gasteiger partial charge >= 0.3 is 0 Å². The average Bonchev–Trinajstić information content (AvgIpc) is 2.76. The van der Waals surface area contributed by atoms with Gasteiger partial charge in [-0.15, -0.1) is 0 Å². The number of nitrogens with one attached hydrogen (secondary N) is 1. The minimum absolute atomic E-state index is 0.165. The number of hydrogen-bond acceptors (Lipinski definition) is 2. The number of nitrogens with zero attached hydrogens (tertiary/aromatic N) is 2. The highest BCUT2D eigenvalue weighted by Crippen LogP contribution is 2.23. The molecule has 19 heavy (non-hydrogen) atoms. The number of carbonyl (C=O) groups excluding carboxylic acids is 1. The first-order valence-corrected chi connectivity index (χ1v) is 7.37. The van der Waals surface area contributed by atoms with Crippen LogP contribution in [0.25, 0.3) is 0 Å². The quantitative estimate of drug-likeness (QED) is 0.857. The molecule has 0 saturated carbocycles. The highest BCUT2D eigenvalue weighted by atomic mass is 79.9. The van der Waals surface area contributed by atoms with Gasteiger partial charge < -0.3 is 5.32 Å². The van der Waals surface area contributed by atoms with Crippen LogP contribution < -0.4 is 5.32 Å². The Morgan fingerprint density at radius 1 is 1.32 bits per heavy atom. The number of rotatable bonds is 3. The van der Waals surface area contributed by atoms with Crippen molar-refractivity contribution in [2.75, 3.05) is 5.32 Å². The van der Waals surface area contributed by atoms with Crippen molar-refractivity contribution in [3.8, 4) is 0 Å². The number of halogens is 2. The van der Waals surface area contributed by atoms with Crippen molar-refractivity contribution in [3.05, 3.63) is 45.0 Å². The molecule has 0 unspecified atom stereocenters. The van der Waals surface area contributed by atoms with Crippen molar-refractivity contribution in [1.29, 1.82) is 0 Å². The summed E-state index contributed by atoms with van der Waals surface area (Å²) >= 11 is 6.75. The van der Waals surface area contributed by atoms with E-state index in [1.165, 1.54) is 0 Å². The van der Waals surface area contributed by atoms with Gasteiger partial charge in [0.05, 0.1) is 11.8 Å². The third-order valence-corrected chi connectivity index (χ3v) is 3.73. The van der Waals surface area contributed by atoms with Crippen LogP contribution in [0.5, 0.6) is 0 Å². The maximum Gasteiger partial charge on any atom is 0.257 e. The predicted molar refractivity (Wildman–Crippen MR) is 82.4 cm³/mol. The SMILES string of the molecule is CC(C)n1nccc1NC(=O)c1ccc(Br)cc1Br. The fraction of sp³-hybridized carbons (Fsp3) is 0.231. The van der Waals surface area contributed by atoms with Crippen LogP contribution in [0.4, 0.5) is 5.82 Å².